The van der Waals surface area contributed by atoms with Gasteiger partial charge in [0.05, 0.1) is 41.2 Å². The molecule has 1 aliphatic rings. The quantitative estimate of drug-likeness (QED) is 0.569. The standard InChI is InChI=1S/C21H19N3O3S/c1-11-6-12(18-15(7-11)23-17(26-3)9-22-18)20-24-14-4-5-16-13(19(14)28-20)8-21(2,10-25)27-16/h4-7,9,25H,8,10H2,1-3H3/t21-/m0/s1. The highest BCUT2D eigenvalue weighted by molar-refractivity contribution is 7.22. The lowest BCUT2D eigenvalue weighted by Crippen LogP contribution is -2.34. The van der Waals surface area contributed by atoms with Crippen LogP contribution >= 0.6 is 11.3 Å². The minimum atomic E-state index is -0.571. The number of thiazole rings is 1. The fraction of sp³-hybridized carbons (Fsp3) is 0.286. The van der Waals surface area contributed by atoms with Gasteiger partial charge < -0.3 is 14.6 Å². The van der Waals surface area contributed by atoms with E-state index in [1.807, 2.05) is 32.0 Å². The summed E-state index contributed by atoms with van der Waals surface area (Å²) in [7, 11) is 1.59. The Hall–Kier alpha value is -2.77. The molecule has 0 spiro atoms. The number of benzene rings is 2. The highest BCUT2D eigenvalue weighted by Crippen LogP contribution is 2.43. The number of aliphatic hydroxyl groups excluding tert-OH is 1. The molecular weight excluding hydrogens is 374 g/mol. The maximum Gasteiger partial charge on any atom is 0.232 e. The van der Waals surface area contributed by atoms with Crippen molar-refractivity contribution in [3.05, 3.63) is 41.6 Å². The van der Waals surface area contributed by atoms with Crippen LogP contribution in [0.1, 0.15) is 18.1 Å². The first-order valence-corrected chi connectivity index (χ1v) is 9.85. The lowest BCUT2D eigenvalue weighted by molar-refractivity contribution is 0.0447. The summed E-state index contributed by atoms with van der Waals surface area (Å²) in [6.07, 6.45) is 2.30. The molecule has 7 heteroatoms. The van der Waals surface area contributed by atoms with Gasteiger partial charge in [-0.3, -0.25) is 0 Å². The molecule has 0 amide bonds. The van der Waals surface area contributed by atoms with Crippen LogP contribution in [0.5, 0.6) is 11.6 Å². The number of aromatic nitrogens is 3. The molecule has 0 aliphatic carbocycles. The molecule has 6 nitrogen and oxygen atoms in total. The highest BCUT2D eigenvalue weighted by Gasteiger charge is 2.36. The van der Waals surface area contributed by atoms with Crippen LogP contribution < -0.4 is 9.47 Å². The van der Waals surface area contributed by atoms with E-state index in [0.717, 1.165) is 48.7 Å². The van der Waals surface area contributed by atoms with E-state index in [9.17, 15) is 5.11 Å². The van der Waals surface area contributed by atoms with Gasteiger partial charge in [-0.15, -0.1) is 11.3 Å². The summed E-state index contributed by atoms with van der Waals surface area (Å²) in [5, 5.41) is 10.6. The van der Waals surface area contributed by atoms with Crippen LogP contribution in [0.2, 0.25) is 0 Å². The second-order valence-electron chi connectivity index (χ2n) is 7.39. The van der Waals surface area contributed by atoms with Crippen molar-refractivity contribution in [1.82, 2.24) is 15.0 Å². The van der Waals surface area contributed by atoms with Crippen LogP contribution in [0.3, 0.4) is 0 Å². The zero-order chi connectivity index (χ0) is 19.5. The normalized spacial score (nSPS) is 18.4. The Morgan fingerprint density at radius 1 is 1.25 bits per heavy atom. The zero-order valence-electron chi connectivity index (χ0n) is 15.8. The van der Waals surface area contributed by atoms with Crippen LogP contribution in [-0.4, -0.2) is 39.4 Å². The molecule has 0 saturated heterocycles. The molecule has 4 aromatic rings. The average Bonchev–Trinajstić information content (AvgIpc) is 3.27. The predicted molar refractivity (Wildman–Crippen MR) is 109 cm³/mol. The summed E-state index contributed by atoms with van der Waals surface area (Å²) < 4.78 is 12.3. The van der Waals surface area contributed by atoms with Crippen molar-refractivity contribution < 1.29 is 14.6 Å². The van der Waals surface area contributed by atoms with E-state index in [-0.39, 0.29) is 6.61 Å². The van der Waals surface area contributed by atoms with Gasteiger partial charge in [-0.25, -0.2) is 15.0 Å². The molecule has 0 saturated carbocycles. The Kier molecular flexibility index (Phi) is 3.79. The lowest BCUT2D eigenvalue weighted by atomic mass is 10.0. The zero-order valence-corrected chi connectivity index (χ0v) is 16.6. The molecule has 0 unspecified atom stereocenters. The molecule has 3 heterocycles. The van der Waals surface area contributed by atoms with Crippen LogP contribution in [0, 0.1) is 6.92 Å². The van der Waals surface area contributed by atoms with Crippen molar-refractivity contribution in [2.24, 2.45) is 0 Å². The molecule has 2 aromatic heterocycles. The number of rotatable bonds is 3. The predicted octanol–water partition coefficient (Wildman–Crippen LogP) is 3.91. The van der Waals surface area contributed by atoms with E-state index in [1.165, 1.54) is 0 Å². The van der Waals surface area contributed by atoms with Crippen molar-refractivity contribution in [2.45, 2.75) is 25.9 Å². The number of methoxy groups -OCH3 is 1. The van der Waals surface area contributed by atoms with E-state index in [1.54, 1.807) is 24.6 Å². The van der Waals surface area contributed by atoms with E-state index in [2.05, 4.69) is 16.0 Å². The summed E-state index contributed by atoms with van der Waals surface area (Å²) in [5.74, 6) is 1.32. The maximum absolute atomic E-state index is 9.68. The van der Waals surface area contributed by atoms with Gasteiger partial charge >= 0.3 is 0 Å². The van der Waals surface area contributed by atoms with Gasteiger partial charge in [0, 0.05) is 17.5 Å². The molecule has 28 heavy (non-hydrogen) atoms. The Bertz CT molecular complexity index is 1240. The largest absolute Gasteiger partial charge is 0.484 e. The van der Waals surface area contributed by atoms with E-state index >= 15 is 0 Å². The van der Waals surface area contributed by atoms with Gasteiger partial charge in [-0.2, -0.15) is 0 Å². The second kappa shape index (κ2) is 6.12. The van der Waals surface area contributed by atoms with Crippen LogP contribution in [0.15, 0.2) is 30.5 Å². The first-order chi connectivity index (χ1) is 13.5. The minimum Gasteiger partial charge on any atom is -0.484 e. The molecule has 142 valence electrons. The molecule has 0 bridgehead atoms. The van der Waals surface area contributed by atoms with Gasteiger partial charge in [-0.1, -0.05) is 0 Å². The van der Waals surface area contributed by atoms with Gasteiger partial charge in [0.25, 0.3) is 0 Å². The minimum absolute atomic E-state index is 0.0191. The summed E-state index contributed by atoms with van der Waals surface area (Å²) >= 11 is 1.63. The fourth-order valence-electron chi connectivity index (χ4n) is 3.68. The third-order valence-corrected chi connectivity index (χ3v) is 6.23. The Morgan fingerprint density at radius 2 is 2.11 bits per heavy atom. The van der Waals surface area contributed by atoms with Gasteiger partial charge in [-0.05, 0) is 43.7 Å². The number of aryl methyl sites for hydroxylation is 1. The number of nitrogens with zero attached hydrogens (tertiary/aromatic N) is 3. The lowest BCUT2D eigenvalue weighted by Gasteiger charge is -2.20. The molecule has 0 fully saturated rings. The molecular formula is C21H19N3O3S. The number of hydrogen-bond acceptors (Lipinski definition) is 7. The van der Waals surface area contributed by atoms with Crippen molar-refractivity contribution in [2.75, 3.05) is 13.7 Å². The van der Waals surface area contributed by atoms with E-state index < -0.39 is 5.60 Å². The van der Waals surface area contributed by atoms with Crippen LogP contribution in [0.4, 0.5) is 0 Å². The smallest absolute Gasteiger partial charge is 0.232 e. The van der Waals surface area contributed by atoms with Crippen molar-refractivity contribution in [3.63, 3.8) is 0 Å². The molecule has 1 N–H and O–H groups in total. The first kappa shape index (κ1) is 17.3. The van der Waals surface area contributed by atoms with Crippen LogP contribution in [-0.2, 0) is 6.42 Å². The second-order valence-corrected chi connectivity index (χ2v) is 8.39. The molecule has 1 aliphatic heterocycles. The Morgan fingerprint density at radius 3 is 2.89 bits per heavy atom. The average molecular weight is 393 g/mol. The number of fused-ring (bicyclic) bond motifs is 4. The summed E-state index contributed by atoms with van der Waals surface area (Å²) in [6, 6.07) is 8.01. The molecule has 0 radical (unpaired) electrons. The topological polar surface area (TPSA) is 77.4 Å². The van der Waals surface area contributed by atoms with Crippen molar-refractivity contribution in [3.8, 4) is 22.2 Å². The molecule has 1 atom stereocenters. The number of hydrogen-bond donors (Lipinski definition) is 1. The van der Waals surface area contributed by atoms with Crippen molar-refractivity contribution >= 4 is 32.6 Å². The van der Waals surface area contributed by atoms with E-state index in [4.69, 9.17) is 14.5 Å². The first-order valence-electron chi connectivity index (χ1n) is 9.04. The van der Waals surface area contributed by atoms with Gasteiger partial charge in [0.15, 0.2) is 0 Å². The maximum atomic E-state index is 9.68. The Labute approximate surface area is 165 Å². The third-order valence-electron chi connectivity index (χ3n) is 5.07. The van der Waals surface area contributed by atoms with E-state index in [0.29, 0.717) is 12.3 Å². The summed E-state index contributed by atoms with van der Waals surface area (Å²) in [6.45, 7) is 3.95. The monoisotopic (exact) mass is 393 g/mol. The summed E-state index contributed by atoms with van der Waals surface area (Å²) in [4.78, 5) is 14.0. The highest BCUT2D eigenvalue weighted by atomic mass is 32.1. The SMILES string of the molecule is COc1cnc2c(-c3nc4ccc5c(c4s3)C[C@@](C)(CO)O5)cc(C)cc2n1. The van der Waals surface area contributed by atoms with Crippen LogP contribution in [0.25, 0.3) is 31.8 Å². The Balaban J connectivity index is 1.70. The van der Waals surface area contributed by atoms with Gasteiger partial charge in [0.2, 0.25) is 5.88 Å². The number of ether oxygens (including phenoxy) is 2. The number of aliphatic hydroxyl groups is 1. The van der Waals surface area contributed by atoms with Gasteiger partial charge in [0.1, 0.15) is 16.4 Å². The summed E-state index contributed by atoms with van der Waals surface area (Å²) in [5.41, 5.74) is 5.12. The fourth-order valence-corrected chi connectivity index (χ4v) is 4.80. The van der Waals surface area contributed by atoms with Crippen molar-refractivity contribution in [1.29, 1.82) is 0 Å². The molecule has 2 aromatic carbocycles. The molecule has 5 rings (SSSR count). The third kappa shape index (κ3) is 2.62.